The number of pyridine rings is 1. The summed E-state index contributed by atoms with van der Waals surface area (Å²) < 4.78 is 1.71. The topological polar surface area (TPSA) is 76.1 Å². The molecule has 0 saturated carbocycles. The first-order valence-electron chi connectivity index (χ1n) is 8.00. The maximum absolute atomic E-state index is 13.2. The van der Waals surface area contributed by atoms with E-state index in [0.29, 0.717) is 17.1 Å². The smallest absolute Gasteiger partial charge is 0.273 e. The summed E-state index contributed by atoms with van der Waals surface area (Å²) in [6, 6.07) is 7.40. The van der Waals surface area contributed by atoms with E-state index < -0.39 is 11.0 Å². The lowest BCUT2D eigenvalue weighted by atomic mass is 10.0. The molecule has 0 aliphatic rings. The van der Waals surface area contributed by atoms with Crippen LogP contribution in [0, 0.1) is 24.0 Å². The number of aromatic nitrogens is 1. The molecular formula is C19H20N3O3S+. The molecule has 0 aliphatic carbocycles. The molecule has 0 radical (unpaired) electrons. The van der Waals surface area contributed by atoms with Gasteiger partial charge in [0.05, 0.1) is 4.92 Å². The summed E-state index contributed by atoms with van der Waals surface area (Å²) in [5.41, 5.74) is 1.61. The molecule has 1 heterocycles. The Morgan fingerprint density at radius 3 is 2.77 bits per heavy atom. The Morgan fingerprint density at radius 2 is 2.15 bits per heavy atom. The van der Waals surface area contributed by atoms with Crippen LogP contribution < -0.4 is 9.88 Å². The molecule has 1 atom stereocenters. The van der Waals surface area contributed by atoms with Crippen LogP contribution in [0.1, 0.15) is 27.5 Å². The number of thiocarbonyl (C=S) groups is 1. The third-order valence-corrected chi connectivity index (χ3v) is 4.24. The number of hydrogen-bond acceptors (Lipinski definition) is 4. The largest absolute Gasteiger partial charge is 0.370 e. The number of ketones is 1. The molecule has 0 spiro atoms. The summed E-state index contributed by atoms with van der Waals surface area (Å²) >= 11 is 5.42. The molecule has 0 amide bonds. The standard InChI is InChI=1S/C19H19N3O3S/c1-4-9-20-19(26)17(21-10-5-6-13(2)12-21)18(23)15-8-7-14(3)16(11-15)22(24)25/h4-8,10-12,17H,1,9H2,2-3H3/p+1/t17-/m0/s1. The maximum atomic E-state index is 13.2. The lowest BCUT2D eigenvalue weighted by Gasteiger charge is -2.14. The van der Waals surface area contributed by atoms with Crippen LogP contribution in [-0.4, -0.2) is 22.2 Å². The van der Waals surface area contributed by atoms with Gasteiger partial charge in [-0.25, -0.2) is 0 Å². The molecule has 134 valence electrons. The first-order valence-corrected chi connectivity index (χ1v) is 8.41. The molecule has 1 aromatic heterocycles. The molecule has 26 heavy (non-hydrogen) atoms. The Balaban J connectivity index is 2.49. The fourth-order valence-electron chi connectivity index (χ4n) is 2.55. The van der Waals surface area contributed by atoms with Crippen LogP contribution in [0.15, 0.2) is 55.4 Å². The number of rotatable bonds is 7. The quantitative estimate of drug-likeness (QED) is 0.202. The average molecular weight is 370 g/mol. The average Bonchev–Trinajstić information content (AvgIpc) is 2.60. The van der Waals surface area contributed by atoms with Gasteiger partial charge in [0, 0.05) is 35.4 Å². The summed E-state index contributed by atoms with van der Waals surface area (Å²) in [5.74, 6) is -0.315. The van der Waals surface area contributed by atoms with Crippen LogP contribution >= 0.6 is 12.2 Å². The first kappa shape index (κ1) is 19.4. The number of nitrogens with zero attached hydrogens (tertiary/aromatic N) is 2. The Hall–Kier alpha value is -2.93. The molecule has 0 aliphatic heterocycles. The van der Waals surface area contributed by atoms with Crippen LogP contribution in [-0.2, 0) is 0 Å². The van der Waals surface area contributed by atoms with Gasteiger partial charge in [0.25, 0.3) is 11.7 Å². The Kier molecular flexibility index (Phi) is 6.30. The van der Waals surface area contributed by atoms with Gasteiger partial charge in [-0.1, -0.05) is 30.4 Å². The molecule has 2 aromatic rings. The van der Waals surface area contributed by atoms with Gasteiger partial charge in [0.15, 0.2) is 17.4 Å². The van der Waals surface area contributed by atoms with Crippen molar-refractivity contribution in [2.75, 3.05) is 6.54 Å². The van der Waals surface area contributed by atoms with Crippen molar-refractivity contribution in [1.82, 2.24) is 5.32 Å². The van der Waals surface area contributed by atoms with Gasteiger partial charge in [-0.2, -0.15) is 4.57 Å². The van der Waals surface area contributed by atoms with Crippen molar-refractivity contribution in [3.05, 3.63) is 82.2 Å². The van der Waals surface area contributed by atoms with E-state index >= 15 is 0 Å². The number of carbonyl (C=O) groups excluding carboxylic acids is 1. The van der Waals surface area contributed by atoms with E-state index in [1.165, 1.54) is 6.07 Å². The zero-order chi connectivity index (χ0) is 19.3. The van der Waals surface area contributed by atoms with E-state index in [-0.39, 0.29) is 17.0 Å². The first-order chi connectivity index (χ1) is 12.3. The minimum absolute atomic E-state index is 0.0891. The highest BCUT2D eigenvalue weighted by Crippen LogP contribution is 2.21. The molecule has 0 bridgehead atoms. The second-order valence-corrected chi connectivity index (χ2v) is 6.33. The zero-order valence-electron chi connectivity index (χ0n) is 14.6. The summed E-state index contributed by atoms with van der Waals surface area (Å²) in [6.07, 6.45) is 5.21. The van der Waals surface area contributed by atoms with Crippen LogP contribution in [0.5, 0.6) is 0 Å². The second kappa shape index (κ2) is 8.44. The minimum Gasteiger partial charge on any atom is -0.370 e. The van der Waals surface area contributed by atoms with Crippen molar-refractivity contribution in [2.45, 2.75) is 19.9 Å². The highest BCUT2D eigenvalue weighted by molar-refractivity contribution is 7.80. The normalized spacial score (nSPS) is 11.5. The summed E-state index contributed by atoms with van der Waals surface area (Å²) in [7, 11) is 0. The summed E-state index contributed by atoms with van der Waals surface area (Å²) in [5, 5.41) is 14.2. The number of Topliss-reactive ketones (excluding diaryl/α,β-unsaturated/α-hetero) is 1. The molecule has 7 heteroatoms. The molecule has 0 unspecified atom stereocenters. The third kappa shape index (κ3) is 4.37. The maximum Gasteiger partial charge on any atom is 0.273 e. The van der Waals surface area contributed by atoms with Crippen molar-refractivity contribution in [2.24, 2.45) is 0 Å². The van der Waals surface area contributed by atoms with Gasteiger partial charge in [-0.05, 0) is 19.9 Å². The second-order valence-electron chi connectivity index (χ2n) is 5.89. The van der Waals surface area contributed by atoms with Gasteiger partial charge in [0.1, 0.15) is 0 Å². The molecule has 2 rings (SSSR count). The third-order valence-electron chi connectivity index (χ3n) is 3.88. The Morgan fingerprint density at radius 1 is 1.42 bits per heavy atom. The number of nitro benzene ring substituents is 1. The van der Waals surface area contributed by atoms with E-state index in [1.54, 1.807) is 35.9 Å². The molecule has 1 aromatic carbocycles. The molecule has 0 saturated heterocycles. The van der Waals surface area contributed by atoms with Crippen LogP contribution in [0.2, 0.25) is 0 Å². The SMILES string of the molecule is C=CCNC(=S)[C@H](C(=O)c1ccc(C)c([N+](=O)[O-])c1)[n+]1cccc(C)c1. The Bertz CT molecular complexity index is 880. The number of benzene rings is 1. The van der Waals surface area contributed by atoms with E-state index in [1.807, 2.05) is 25.3 Å². The van der Waals surface area contributed by atoms with Gasteiger partial charge >= 0.3 is 0 Å². The number of carbonyl (C=O) groups is 1. The minimum atomic E-state index is -0.799. The van der Waals surface area contributed by atoms with Gasteiger partial charge in [-0.15, -0.1) is 6.58 Å². The number of aryl methyl sites for hydroxylation is 2. The zero-order valence-corrected chi connectivity index (χ0v) is 15.5. The highest BCUT2D eigenvalue weighted by Gasteiger charge is 2.34. The van der Waals surface area contributed by atoms with Crippen LogP contribution in [0.25, 0.3) is 0 Å². The van der Waals surface area contributed by atoms with Crippen molar-refractivity contribution in [3.63, 3.8) is 0 Å². The molecule has 0 fully saturated rings. The number of hydrogen-bond donors (Lipinski definition) is 1. The van der Waals surface area contributed by atoms with Gasteiger partial charge in [0.2, 0.25) is 5.78 Å². The van der Waals surface area contributed by atoms with Gasteiger partial charge < -0.3 is 5.32 Å². The predicted molar refractivity (Wildman–Crippen MR) is 103 cm³/mol. The van der Waals surface area contributed by atoms with E-state index in [9.17, 15) is 14.9 Å². The van der Waals surface area contributed by atoms with E-state index in [2.05, 4.69) is 11.9 Å². The van der Waals surface area contributed by atoms with Crippen molar-refractivity contribution in [3.8, 4) is 0 Å². The highest BCUT2D eigenvalue weighted by atomic mass is 32.1. The molecule has 1 N–H and O–H groups in total. The van der Waals surface area contributed by atoms with Gasteiger partial charge in [-0.3, -0.25) is 14.9 Å². The van der Waals surface area contributed by atoms with Crippen LogP contribution in [0.3, 0.4) is 0 Å². The summed E-state index contributed by atoms with van der Waals surface area (Å²) in [4.78, 5) is 24.2. The summed E-state index contributed by atoms with van der Waals surface area (Å²) in [6.45, 7) is 7.60. The van der Waals surface area contributed by atoms with Crippen LogP contribution in [0.4, 0.5) is 5.69 Å². The van der Waals surface area contributed by atoms with Crippen molar-refractivity contribution in [1.29, 1.82) is 0 Å². The fourth-order valence-corrected chi connectivity index (χ4v) is 2.86. The van der Waals surface area contributed by atoms with Crippen molar-refractivity contribution < 1.29 is 14.3 Å². The van der Waals surface area contributed by atoms with E-state index in [0.717, 1.165) is 5.56 Å². The van der Waals surface area contributed by atoms with Crippen molar-refractivity contribution >= 4 is 28.7 Å². The number of nitrogens with one attached hydrogen (secondary N) is 1. The molecular weight excluding hydrogens is 350 g/mol. The lowest BCUT2D eigenvalue weighted by Crippen LogP contribution is -2.51. The predicted octanol–water partition coefficient (Wildman–Crippen LogP) is 3.03. The number of nitro groups is 1. The lowest BCUT2D eigenvalue weighted by molar-refractivity contribution is -0.692. The Labute approximate surface area is 157 Å². The monoisotopic (exact) mass is 370 g/mol. The van der Waals surface area contributed by atoms with E-state index in [4.69, 9.17) is 12.2 Å². The fraction of sp³-hybridized carbons (Fsp3) is 0.211. The molecule has 6 nitrogen and oxygen atoms in total.